The van der Waals surface area contributed by atoms with Crippen molar-refractivity contribution in [2.24, 2.45) is 21.7 Å². The number of rotatable bonds is 3. The van der Waals surface area contributed by atoms with Gasteiger partial charge >= 0.3 is 0 Å². The second kappa shape index (κ2) is 9.81. The van der Waals surface area contributed by atoms with Crippen molar-refractivity contribution in [3.05, 3.63) is 64.0 Å². The second-order valence-corrected chi connectivity index (χ2v) is 8.85. The van der Waals surface area contributed by atoms with Gasteiger partial charge in [0.15, 0.2) is 11.6 Å². The van der Waals surface area contributed by atoms with Crippen molar-refractivity contribution in [3.63, 3.8) is 0 Å². The van der Waals surface area contributed by atoms with Crippen LogP contribution in [0.15, 0.2) is 45.8 Å². The van der Waals surface area contributed by atoms with Gasteiger partial charge in [0.1, 0.15) is 17.7 Å². The van der Waals surface area contributed by atoms with Gasteiger partial charge in [0, 0.05) is 60.2 Å². The summed E-state index contributed by atoms with van der Waals surface area (Å²) in [5.74, 6) is -0.786. The number of halogens is 2. The van der Waals surface area contributed by atoms with Crippen LogP contribution in [0.5, 0.6) is 5.75 Å². The summed E-state index contributed by atoms with van der Waals surface area (Å²) in [4.78, 5) is 9.15. The Bertz CT molecular complexity index is 1260. The average molecular weight is 482 g/mol. The lowest BCUT2D eigenvalue weighted by molar-refractivity contribution is 0.226. The van der Waals surface area contributed by atoms with Crippen molar-refractivity contribution in [1.82, 2.24) is 10.4 Å². The lowest BCUT2D eigenvalue weighted by Crippen LogP contribution is -2.26. The predicted octanol–water partition coefficient (Wildman–Crippen LogP) is 3.86. The predicted molar refractivity (Wildman–Crippen MR) is 133 cm³/mol. The van der Waals surface area contributed by atoms with Crippen molar-refractivity contribution < 1.29 is 13.5 Å². The van der Waals surface area contributed by atoms with E-state index in [-0.39, 0.29) is 40.5 Å². The minimum atomic E-state index is -0.890. The number of nitrogen functional groups attached to an aromatic ring is 1. The molecule has 2 bridgehead atoms. The van der Waals surface area contributed by atoms with Gasteiger partial charge in [0.25, 0.3) is 0 Å². The molecule has 184 valence electrons. The molecule has 10 heteroatoms. The maximum atomic E-state index is 15.1. The zero-order valence-electron chi connectivity index (χ0n) is 20.0. The molecule has 0 amide bonds. The Morgan fingerprint density at radius 1 is 1.29 bits per heavy atom. The quantitative estimate of drug-likeness (QED) is 0.494. The van der Waals surface area contributed by atoms with Crippen LogP contribution in [0.4, 0.5) is 14.6 Å². The number of allylic oxidation sites excluding steroid dienone is 2. The molecular formula is C25H29F2N7O. The molecule has 2 heterocycles. The van der Waals surface area contributed by atoms with Gasteiger partial charge in [-0.1, -0.05) is 0 Å². The molecule has 8 nitrogen and oxygen atoms in total. The van der Waals surface area contributed by atoms with E-state index in [9.17, 15) is 4.39 Å². The number of nitrogens with zero attached hydrogens (tertiary/aromatic N) is 3. The number of hydrogen-bond donors (Lipinski definition) is 4. The molecule has 1 aliphatic heterocycles. The number of hydrogen-bond acceptors (Lipinski definition) is 8. The fourth-order valence-electron chi connectivity index (χ4n) is 4.03. The number of anilines is 1. The maximum absolute atomic E-state index is 15.1. The van der Waals surface area contributed by atoms with Crippen LogP contribution in [0.2, 0.25) is 0 Å². The van der Waals surface area contributed by atoms with Crippen molar-refractivity contribution in [2.75, 3.05) is 19.3 Å². The first kappa shape index (κ1) is 24.3. The maximum Gasteiger partial charge on any atom is 0.166 e. The van der Waals surface area contributed by atoms with Crippen LogP contribution in [0.25, 0.3) is 0 Å². The van der Waals surface area contributed by atoms with Crippen LogP contribution in [-0.2, 0) is 0 Å². The lowest BCUT2D eigenvalue weighted by Gasteiger charge is -2.23. The molecule has 1 atom stereocenters. The number of aliphatic imine (C=N–C) groups is 1. The van der Waals surface area contributed by atoms with Crippen LogP contribution in [0.3, 0.4) is 0 Å². The number of pyridine rings is 1. The van der Waals surface area contributed by atoms with E-state index in [0.717, 1.165) is 25.0 Å². The molecule has 1 fully saturated rings. The molecule has 2 aliphatic rings. The van der Waals surface area contributed by atoms with E-state index in [4.69, 9.17) is 26.6 Å². The third kappa shape index (κ3) is 5.16. The Morgan fingerprint density at radius 3 is 2.69 bits per heavy atom. The number of ether oxygens (including phenoxy) is 1. The van der Waals surface area contributed by atoms with Crippen LogP contribution in [0.1, 0.15) is 55.9 Å². The minimum Gasteiger partial charge on any atom is -0.482 e. The number of aromatic nitrogens is 1. The summed E-state index contributed by atoms with van der Waals surface area (Å²) in [6.45, 7) is 3.99. The standard InChI is InChI=1S/C25H29F2N7O/c1-12(28)17-9-20(34-31-3)23(29)22-18(7-16(26)8-19(22)27)13(2)35-21-6-15(11-33-25(21)30)24(17)32-10-14-4-5-14/h6-8,11,13-14,29,31H,4-5,9-10,28H2,1-3H3,(H2,30,33)/b17-12?,29-23?,32-24?,34-20-/t13-/m1/s1. The molecule has 1 saturated carbocycles. The molecule has 1 aromatic carbocycles. The van der Waals surface area contributed by atoms with Gasteiger partial charge in [0.2, 0.25) is 0 Å². The van der Waals surface area contributed by atoms with Crippen LogP contribution >= 0.6 is 0 Å². The van der Waals surface area contributed by atoms with Crippen LogP contribution in [0, 0.1) is 23.0 Å². The van der Waals surface area contributed by atoms with E-state index in [1.54, 1.807) is 33.2 Å². The molecule has 1 aromatic heterocycles. The summed E-state index contributed by atoms with van der Waals surface area (Å²) in [5, 5.41) is 13.1. The second-order valence-electron chi connectivity index (χ2n) is 8.85. The third-order valence-electron chi connectivity index (χ3n) is 6.08. The number of nitrogens with one attached hydrogen (secondary N) is 2. The molecule has 2 aromatic rings. The lowest BCUT2D eigenvalue weighted by atomic mass is 9.90. The zero-order valence-corrected chi connectivity index (χ0v) is 20.0. The topological polar surface area (TPSA) is 135 Å². The number of hydrazone groups is 1. The van der Waals surface area contributed by atoms with Gasteiger partial charge < -0.3 is 21.6 Å². The van der Waals surface area contributed by atoms with Crippen molar-refractivity contribution in [2.45, 2.75) is 39.2 Å². The van der Waals surface area contributed by atoms with E-state index in [1.165, 1.54) is 0 Å². The summed E-state index contributed by atoms with van der Waals surface area (Å²) in [6, 6.07) is 3.61. The van der Waals surface area contributed by atoms with Gasteiger partial charge in [-0.3, -0.25) is 10.4 Å². The van der Waals surface area contributed by atoms with E-state index in [0.29, 0.717) is 35.0 Å². The summed E-state index contributed by atoms with van der Waals surface area (Å²) < 4.78 is 35.4. The molecule has 0 saturated heterocycles. The van der Waals surface area contributed by atoms with Crippen LogP contribution in [-0.4, -0.2) is 35.7 Å². The molecule has 35 heavy (non-hydrogen) atoms. The van der Waals surface area contributed by atoms with Crippen molar-refractivity contribution in [1.29, 1.82) is 5.41 Å². The van der Waals surface area contributed by atoms with E-state index < -0.39 is 17.7 Å². The van der Waals surface area contributed by atoms with Gasteiger partial charge in [-0.2, -0.15) is 5.10 Å². The Balaban J connectivity index is 1.98. The smallest absolute Gasteiger partial charge is 0.166 e. The highest BCUT2D eigenvalue weighted by Crippen LogP contribution is 2.34. The summed E-state index contributed by atoms with van der Waals surface area (Å²) in [5.41, 5.74) is 17.5. The SMILES string of the molecule is CN/N=C1/CC(=C(C)N)C(=NCC2CC2)c2cnc(N)c(c2)O[C@H](C)c2cc(F)cc(F)c2C1=N. The van der Waals surface area contributed by atoms with Gasteiger partial charge in [-0.05, 0) is 44.7 Å². The van der Waals surface area contributed by atoms with E-state index in [1.807, 2.05) is 0 Å². The first-order valence-electron chi connectivity index (χ1n) is 11.4. The third-order valence-corrected chi connectivity index (χ3v) is 6.08. The minimum absolute atomic E-state index is 0.0940. The Labute approximate surface area is 202 Å². The van der Waals surface area contributed by atoms with Crippen LogP contribution < -0.4 is 21.6 Å². The highest BCUT2D eigenvalue weighted by Gasteiger charge is 2.28. The first-order valence-corrected chi connectivity index (χ1v) is 11.4. The molecule has 0 radical (unpaired) electrons. The first-order chi connectivity index (χ1) is 16.7. The molecular weight excluding hydrogens is 452 g/mol. The summed E-state index contributed by atoms with van der Waals surface area (Å²) in [7, 11) is 1.58. The Kier molecular flexibility index (Phi) is 6.81. The van der Waals surface area contributed by atoms with Crippen molar-refractivity contribution >= 4 is 23.0 Å². The fraction of sp³-hybridized carbons (Fsp3) is 0.360. The highest BCUT2D eigenvalue weighted by molar-refractivity contribution is 6.48. The fourth-order valence-corrected chi connectivity index (χ4v) is 4.03. The monoisotopic (exact) mass is 481 g/mol. The Morgan fingerprint density at radius 2 is 2.03 bits per heavy atom. The van der Waals surface area contributed by atoms with Gasteiger partial charge in [-0.15, -0.1) is 0 Å². The summed E-state index contributed by atoms with van der Waals surface area (Å²) >= 11 is 0. The number of benzene rings is 1. The number of nitrogens with two attached hydrogens (primary N) is 2. The molecule has 0 spiro atoms. The van der Waals surface area contributed by atoms with Gasteiger partial charge in [-0.25, -0.2) is 13.8 Å². The Hall–Kier alpha value is -3.82. The zero-order chi connectivity index (χ0) is 25.3. The molecule has 0 unspecified atom stereocenters. The number of fused-ring (bicyclic) bond motifs is 3. The average Bonchev–Trinajstić information content (AvgIpc) is 3.62. The van der Waals surface area contributed by atoms with Gasteiger partial charge in [0.05, 0.1) is 17.1 Å². The van der Waals surface area contributed by atoms with E-state index >= 15 is 4.39 Å². The normalized spacial score (nSPS) is 22.2. The summed E-state index contributed by atoms with van der Waals surface area (Å²) in [6.07, 6.45) is 3.08. The molecule has 6 N–H and O–H groups in total. The largest absolute Gasteiger partial charge is 0.482 e. The van der Waals surface area contributed by atoms with Crippen molar-refractivity contribution in [3.8, 4) is 5.75 Å². The highest BCUT2D eigenvalue weighted by atomic mass is 19.1. The molecule has 1 aliphatic carbocycles. The van der Waals surface area contributed by atoms with E-state index in [2.05, 4.69) is 15.5 Å². The molecule has 4 rings (SSSR count).